The standard InChI is InChI=1S/C24H24N6O2S/c1-17-23(20-5-6-21-19(13-20)3-2-8-25-21)28-16-29-24(17)27-15-18-4-7-22(26-14-18)30-9-11-33(31,32)12-10-30/h2-8,13-14,16H,9-12,15H2,1H3,(H,27,28,29). The lowest BCUT2D eigenvalue weighted by Crippen LogP contribution is -2.40. The van der Waals surface area contributed by atoms with Gasteiger partial charge in [-0.15, -0.1) is 0 Å². The fraction of sp³-hybridized carbons (Fsp3) is 0.250. The van der Waals surface area contributed by atoms with Crippen molar-refractivity contribution in [3.63, 3.8) is 0 Å². The summed E-state index contributed by atoms with van der Waals surface area (Å²) in [5.74, 6) is 1.94. The largest absolute Gasteiger partial charge is 0.366 e. The molecule has 5 rings (SSSR count). The lowest BCUT2D eigenvalue weighted by atomic mass is 10.0. The second-order valence-corrected chi connectivity index (χ2v) is 10.4. The number of nitrogens with one attached hydrogen (secondary N) is 1. The number of sulfone groups is 1. The number of benzene rings is 1. The third kappa shape index (κ3) is 4.63. The Morgan fingerprint density at radius 1 is 1.00 bits per heavy atom. The van der Waals surface area contributed by atoms with E-state index in [9.17, 15) is 8.42 Å². The molecule has 168 valence electrons. The topological polar surface area (TPSA) is 101 Å². The first-order valence-electron chi connectivity index (χ1n) is 10.8. The Morgan fingerprint density at radius 2 is 1.85 bits per heavy atom. The van der Waals surface area contributed by atoms with Crippen LogP contribution < -0.4 is 10.2 Å². The van der Waals surface area contributed by atoms with E-state index in [1.165, 1.54) is 0 Å². The SMILES string of the molecule is Cc1c(NCc2ccc(N3CCS(=O)(=O)CC3)nc2)ncnc1-c1ccc2ncccc2c1. The fourth-order valence-electron chi connectivity index (χ4n) is 3.98. The van der Waals surface area contributed by atoms with Gasteiger partial charge >= 0.3 is 0 Å². The number of fused-ring (bicyclic) bond motifs is 1. The van der Waals surface area contributed by atoms with Crippen molar-refractivity contribution in [2.45, 2.75) is 13.5 Å². The highest BCUT2D eigenvalue weighted by Gasteiger charge is 2.22. The molecule has 1 N–H and O–H groups in total. The molecule has 1 aliphatic rings. The molecule has 1 aromatic carbocycles. The molecule has 1 aliphatic heterocycles. The van der Waals surface area contributed by atoms with Gasteiger partial charge in [-0.25, -0.2) is 23.4 Å². The highest BCUT2D eigenvalue weighted by molar-refractivity contribution is 7.91. The van der Waals surface area contributed by atoms with Gasteiger partial charge in [-0.2, -0.15) is 0 Å². The van der Waals surface area contributed by atoms with E-state index >= 15 is 0 Å². The second kappa shape index (κ2) is 8.74. The van der Waals surface area contributed by atoms with Crippen LogP contribution >= 0.6 is 0 Å². The molecule has 33 heavy (non-hydrogen) atoms. The number of hydrogen-bond donors (Lipinski definition) is 1. The molecule has 0 radical (unpaired) electrons. The van der Waals surface area contributed by atoms with E-state index in [1.807, 2.05) is 54.4 Å². The Kier molecular flexibility index (Phi) is 5.63. The molecule has 1 saturated heterocycles. The van der Waals surface area contributed by atoms with Gasteiger partial charge in [0.25, 0.3) is 0 Å². The molecule has 0 spiro atoms. The highest BCUT2D eigenvalue weighted by Crippen LogP contribution is 2.27. The number of hydrogen-bond acceptors (Lipinski definition) is 8. The Hall–Kier alpha value is -3.59. The number of aromatic nitrogens is 4. The summed E-state index contributed by atoms with van der Waals surface area (Å²) in [4.78, 5) is 19.9. The van der Waals surface area contributed by atoms with Crippen molar-refractivity contribution in [1.29, 1.82) is 0 Å². The molecular formula is C24H24N6O2S. The summed E-state index contributed by atoms with van der Waals surface area (Å²) in [6.45, 7) is 3.55. The van der Waals surface area contributed by atoms with Gasteiger partial charge in [0.1, 0.15) is 18.0 Å². The van der Waals surface area contributed by atoms with E-state index in [-0.39, 0.29) is 11.5 Å². The lowest BCUT2D eigenvalue weighted by Gasteiger charge is -2.27. The average molecular weight is 461 g/mol. The predicted octanol–water partition coefficient (Wildman–Crippen LogP) is 3.24. The third-order valence-electron chi connectivity index (χ3n) is 5.90. The molecule has 0 saturated carbocycles. The molecular weight excluding hydrogens is 436 g/mol. The summed E-state index contributed by atoms with van der Waals surface area (Å²) in [5.41, 5.74) is 4.84. The van der Waals surface area contributed by atoms with E-state index in [0.717, 1.165) is 44.9 Å². The van der Waals surface area contributed by atoms with Crippen LogP contribution in [0.15, 0.2) is 61.2 Å². The van der Waals surface area contributed by atoms with Gasteiger partial charge in [0.05, 0.1) is 22.7 Å². The quantitative estimate of drug-likeness (QED) is 0.484. The van der Waals surface area contributed by atoms with Crippen LogP contribution in [-0.2, 0) is 16.4 Å². The van der Waals surface area contributed by atoms with Crippen LogP contribution in [0, 0.1) is 6.92 Å². The normalized spacial score (nSPS) is 15.5. The first-order chi connectivity index (χ1) is 16.0. The first kappa shape index (κ1) is 21.3. The van der Waals surface area contributed by atoms with E-state index in [2.05, 4.69) is 31.3 Å². The maximum atomic E-state index is 11.6. The van der Waals surface area contributed by atoms with Crippen LogP contribution in [0.4, 0.5) is 11.6 Å². The van der Waals surface area contributed by atoms with Gasteiger partial charge in [0.15, 0.2) is 9.84 Å². The fourth-order valence-corrected chi connectivity index (χ4v) is 5.18. The Labute approximate surface area is 192 Å². The van der Waals surface area contributed by atoms with Gasteiger partial charge in [-0.3, -0.25) is 4.98 Å². The Bertz CT molecular complexity index is 1390. The molecule has 4 heterocycles. The van der Waals surface area contributed by atoms with Crippen molar-refractivity contribution >= 4 is 32.4 Å². The lowest BCUT2D eigenvalue weighted by molar-refractivity contribution is 0.586. The summed E-state index contributed by atoms with van der Waals surface area (Å²) >= 11 is 0. The van der Waals surface area contributed by atoms with E-state index in [1.54, 1.807) is 12.5 Å². The molecule has 0 aliphatic carbocycles. The second-order valence-electron chi connectivity index (χ2n) is 8.12. The number of anilines is 2. The van der Waals surface area contributed by atoms with Crippen LogP contribution in [0.25, 0.3) is 22.2 Å². The van der Waals surface area contributed by atoms with Crippen LogP contribution in [0.3, 0.4) is 0 Å². The smallest absolute Gasteiger partial charge is 0.153 e. The van der Waals surface area contributed by atoms with Gasteiger partial charge in [-0.1, -0.05) is 18.2 Å². The summed E-state index contributed by atoms with van der Waals surface area (Å²) < 4.78 is 23.3. The summed E-state index contributed by atoms with van der Waals surface area (Å²) in [6, 6.07) is 14.0. The van der Waals surface area contributed by atoms with Crippen molar-refractivity contribution in [2.24, 2.45) is 0 Å². The molecule has 4 aromatic rings. The minimum absolute atomic E-state index is 0.182. The molecule has 3 aromatic heterocycles. The van der Waals surface area contributed by atoms with Crippen molar-refractivity contribution in [2.75, 3.05) is 34.8 Å². The van der Waals surface area contributed by atoms with Crippen LogP contribution in [-0.4, -0.2) is 52.9 Å². The summed E-state index contributed by atoms with van der Waals surface area (Å²) in [7, 11) is -2.90. The zero-order valence-corrected chi connectivity index (χ0v) is 19.1. The van der Waals surface area contributed by atoms with Gasteiger partial charge in [-0.05, 0) is 36.8 Å². The van der Waals surface area contributed by atoms with Crippen molar-refractivity contribution in [3.8, 4) is 11.3 Å². The summed E-state index contributed by atoms with van der Waals surface area (Å²) in [5, 5.41) is 4.46. The molecule has 0 atom stereocenters. The van der Waals surface area contributed by atoms with Gasteiger partial charge in [0.2, 0.25) is 0 Å². The monoisotopic (exact) mass is 460 g/mol. The van der Waals surface area contributed by atoms with E-state index in [0.29, 0.717) is 19.6 Å². The molecule has 8 nitrogen and oxygen atoms in total. The van der Waals surface area contributed by atoms with Crippen LogP contribution in [0.2, 0.25) is 0 Å². The number of pyridine rings is 2. The highest BCUT2D eigenvalue weighted by atomic mass is 32.2. The van der Waals surface area contributed by atoms with Crippen molar-refractivity contribution in [3.05, 3.63) is 72.3 Å². The van der Waals surface area contributed by atoms with E-state index in [4.69, 9.17) is 0 Å². The van der Waals surface area contributed by atoms with Gasteiger partial charge in [0, 0.05) is 48.5 Å². The maximum absolute atomic E-state index is 11.6. The van der Waals surface area contributed by atoms with Crippen molar-refractivity contribution < 1.29 is 8.42 Å². The third-order valence-corrected chi connectivity index (χ3v) is 7.51. The summed E-state index contributed by atoms with van der Waals surface area (Å²) in [6.07, 6.45) is 5.18. The average Bonchev–Trinajstić information content (AvgIpc) is 2.83. The zero-order valence-electron chi connectivity index (χ0n) is 18.3. The van der Waals surface area contributed by atoms with Crippen LogP contribution in [0.5, 0.6) is 0 Å². The molecule has 0 amide bonds. The number of rotatable bonds is 5. The van der Waals surface area contributed by atoms with E-state index < -0.39 is 9.84 Å². The zero-order chi connectivity index (χ0) is 22.8. The van der Waals surface area contributed by atoms with Crippen molar-refractivity contribution in [1.82, 2.24) is 19.9 Å². The Morgan fingerprint density at radius 3 is 2.64 bits per heavy atom. The first-order valence-corrected chi connectivity index (χ1v) is 12.6. The predicted molar refractivity (Wildman–Crippen MR) is 130 cm³/mol. The molecule has 0 unspecified atom stereocenters. The maximum Gasteiger partial charge on any atom is 0.153 e. The molecule has 0 bridgehead atoms. The molecule has 1 fully saturated rings. The Balaban J connectivity index is 1.29. The minimum atomic E-state index is -2.90. The van der Waals surface area contributed by atoms with Gasteiger partial charge < -0.3 is 10.2 Å². The molecule has 9 heteroatoms. The minimum Gasteiger partial charge on any atom is -0.366 e. The number of nitrogens with zero attached hydrogens (tertiary/aromatic N) is 5. The van der Waals surface area contributed by atoms with Crippen LogP contribution in [0.1, 0.15) is 11.1 Å².